The lowest BCUT2D eigenvalue weighted by atomic mass is 9.64. The number of hydrogen-bond donors (Lipinski definition) is 0. The highest BCUT2D eigenvalue weighted by molar-refractivity contribution is 4.83. The normalized spacial score (nSPS) is 13.6. The predicted octanol–water partition coefficient (Wildman–Crippen LogP) is 3.96. The molecule has 0 radical (unpaired) electrons. The summed E-state index contributed by atoms with van der Waals surface area (Å²) in [5.41, 5.74) is 0.500. The van der Waals surface area contributed by atoms with Gasteiger partial charge in [-0.3, -0.25) is 0 Å². The van der Waals surface area contributed by atoms with E-state index in [2.05, 4.69) is 48.5 Å². The van der Waals surface area contributed by atoms with Crippen molar-refractivity contribution in [1.29, 1.82) is 0 Å². The Labute approximate surface area is 72.4 Å². The van der Waals surface area contributed by atoms with Gasteiger partial charge in [0, 0.05) is 0 Å². The lowest BCUT2D eigenvalue weighted by Crippen LogP contribution is -2.34. The Kier molecular flexibility index (Phi) is 3.60. The van der Waals surface area contributed by atoms with Gasteiger partial charge in [0.1, 0.15) is 0 Å². The van der Waals surface area contributed by atoms with Crippen LogP contribution in [0.2, 0.25) is 0 Å². The summed E-state index contributed by atoms with van der Waals surface area (Å²) >= 11 is 0. The van der Waals surface area contributed by atoms with E-state index in [1.54, 1.807) is 0 Å². The second-order valence-corrected chi connectivity index (χ2v) is 4.83. The van der Waals surface area contributed by atoms with Gasteiger partial charge in [0.05, 0.1) is 0 Å². The Morgan fingerprint density at radius 3 is 0.818 bits per heavy atom. The zero-order valence-electron chi connectivity index (χ0n) is 9.23. The second kappa shape index (κ2) is 3.60. The summed E-state index contributed by atoms with van der Waals surface area (Å²) in [7, 11) is 0. The maximum atomic E-state index is 2.41. The zero-order chi connectivity index (χ0) is 9.23. The van der Waals surface area contributed by atoms with Crippen LogP contribution in [0.15, 0.2) is 0 Å². The molecule has 0 unspecified atom stereocenters. The summed E-state index contributed by atoms with van der Waals surface area (Å²) in [6, 6.07) is 0. The smallest absolute Gasteiger partial charge is 0.0257 e. The van der Waals surface area contributed by atoms with Gasteiger partial charge in [0.25, 0.3) is 0 Å². The van der Waals surface area contributed by atoms with Gasteiger partial charge < -0.3 is 0 Å². The fraction of sp³-hybridized carbons (Fsp3) is 1.00. The first-order chi connectivity index (χ1) is 4.83. The molecule has 0 spiro atoms. The summed E-state index contributed by atoms with van der Waals surface area (Å²) in [5.74, 6) is 2.34. The van der Waals surface area contributed by atoms with E-state index >= 15 is 0 Å². The molecule has 0 amide bonds. The van der Waals surface area contributed by atoms with Crippen molar-refractivity contribution in [3.8, 4) is 0 Å². The van der Waals surface area contributed by atoms with Gasteiger partial charge in [-0.1, -0.05) is 48.5 Å². The van der Waals surface area contributed by atoms with Crippen molar-refractivity contribution >= 4 is 0 Å². The average Bonchev–Trinajstić information content (AvgIpc) is 1.84. The van der Waals surface area contributed by atoms with E-state index < -0.39 is 0 Å². The van der Waals surface area contributed by atoms with Gasteiger partial charge in [-0.15, -0.1) is 0 Å². The third-order valence-electron chi connectivity index (χ3n) is 3.73. The molecule has 0 saturated heterocycles. The highest BCUT2D eigenvalue weighted by atomic mass is 14.4. The van der Waals surface area contributed by atoms with Crippen molar-refractivity contribution in [2.45, 2.75) is 48.5 Å². The monoisotopic (exact) mass is 156 g/mol. The van der Waals surface area contributed by atoms with Crippen LogP contribution in [0, 0.1) is 23.2 Å². The molecular weight excluding hydrogens is 132 g/mol. The minimum Gasteiger partial charge on any atom is -0.0622 e. The summed E-state index contributed by atoms with van der Waals surface area (Å²) in [6.07, 6.45) is 0. The maximum Gasteiger partial charge on any atom is -0.0257 e. The van der Waals surface area contributed by atoms with Crippen LogP contribution in [-0.4, -0.2) is 0 Å². The van der Waals surface area contributed by atoms with E-state index in [9.17, 15) is 0 Å². The number of hydrogen-bond acceptors (Lipinski definition) is 0. The van der Waals surface area contributed by atoms with Gasteiger partial charge in [-0.05, 0) is 23.2 Å². The molecule has 0 rings (SSSR count). The van der Waals surface area contributed by atoms with Crippen molar-refractivity contribution in [3.63, 3.8) is 0 Å². The number of rotatable bonds is 3. The maximum absolute atomic E-state index is 2.41. The molecule has 0 N–H and O–H groups in total. The Morgan fingerprint density at radius 1 is 0.636 bits per heavy atom. The van der Waals surface area contributed by atoms with Gasteiger partial charge >= 0.3 is 0 Å². The van der Waals surface area contributed by atoms with Gasteiger partial charge in [0.2, 0.25) is 0 Å². The molecule has 11 heavy (non-hydrogen) atoms. The van der Waals surface area contributed by atoms with Crippen LogP contribution in [0.1, 0.15) is 48.5 Å². The van der Waals surface area contributed by atoms with Crippen LogP contribution < -0.4 is 0 Å². The van der Waals surface area contributed by atoms with E-state index in [-0.39, 0.29) is 0 Å². The molecule has 0 aromatic heterocycles. The van der Waals surface area contributed by atoms with Gasteiger partial charge in [-0.2, -0.15) is 0 Å². The third kappa shape index (κ3) is 1.98. The van der Waals surface area contributed by atoms with E-state index in [0.29, 0.717) is 5.41 Å². The highest BCUT2D eigenvalue weighted by Gasteiger charge is 2.34. The lowest BCUT2D eigenvalue weighted by molar-refractivity contribution is 0.0732. The Morgan fingerprint density at radius 2 is 0.818 bits per heavy atom. The topological polar surface area (TPSA) is 0 Å². The molecule has 68 valence electrons. The summed E-state index contributed by atoms with van der Waals surface area (Å²) in [5, 5.41) is 0. The van der Waals surface area contributed by atoms with Crippen LogP contribution in [0.25, 0.3) is 0 Å². The van der Waals surface area contributed by atoms with Gasteiger partial charge in [-0.25, -0.2) is 0 Å². The predicted molar refractivity (Wildman–Crippen MR) is 52.6 cm³/mol. The first-order valence-corrected chi connectivity index (χ1v) is 4.83. The first-order valence-electron chi connectivity index (χ1n) is 4.83. The molecule has 0 aromatic carbocycles. The van der Waals surface area contributed by atoms with Crippen molar-refractivity contribution in [2.24, 2.45) is 23.2 Å². The molecule has 0 aromatic rings. The molecule has 0 heterocycles. The second-order valence-electron chi connectivity index (χ2n) is 4.83. The summed E-state index contributed by atoms with van der Waals surface area (Å²) in [4.78, 5) is 0. The fourth-order valence-electron chi connectivity index (χ4n) is 2.00. The first kappa shape index (κ1) is 11.0. The largest absolute Gasteiger partial charge is 0.0622 e. The van der Waals surface area contributed by atoms with Crippen molar-refractivity contribution in [3.05, 3.63) is 0 Å². The molecule has 0 aliphatic carbocycles. The minimum atomic E-state index is 0.500. The van der Waals surface area contributed by atoms with Crippen LogP contribution in [0.3, 0.4) is 0 Å². The van der Waals surface area contributed by atoms with Crippen molar-refractivity contribution in [2.75, 3.05) is 0 Å². The Balaban J connectivity index is 4.53. The molecular formula is C11H24. The van der Waals surface area contributed by atoms with E-state index in [1.165, 1.54) is 0 Å². The summed E-state index contributed by atoms with van der Waals surface area (Å²) < 4.78 is 0. The van der Waals surface area contributed by atoms with Crippen molar-refractivity contribution in [1.82, 2.24) is 0 Å². The van der Waals surface area contributed by atoms with E-state index in [1.807, 2.05) is 0 Å². The molecule has 0 aliphatic rings. The zero-order valence-corrected chi connectivity index (χ0v) is 9.23. The molecule has 0 aliphatic heterocycles. The molecule has 0 fully saturated rings. The fourth-order valence-corrected chi connectivity index (χ4v) is 2.00. The average molecular weight is 156 g/mol. The quantitative estimate of drug-likeness (QED) is 0.580. The lowest BCUT2D eigenvalue weighted by Gasteiger charge is -2.41. The Hall–Kier alpha value is 0. The summed E-state index contributed by atoms with van der Waals surface area (Å²) in [6.45, 7) is 16.4. The minimum absolute atomic E-state index is 0.500. The van der Waals surface area contributed by atoms with Gasteiger partial charge in [0.15, 0.2) is 0 Å². The van der Waals surface area contributed by atoms with E-state index in [0.717, 1.165) is 17.8 Å². The van der Waals surface area contributed by atoms with Crippen LogP contribution in [0.5, 0.6) is 0 Å². The highest BCUT2D eigenvalue weighted by Crippen LogP contribution is 2.41. The molecule has 0 atom stereocenters. The van der Waals surface area contributed by atoms with Crippen LogP contribution in [0.4, 0.5) is 0 Å². The van der Waals surface area contributed by atoms with Crippen LogP contribution >= 0.6 is 0 Å². The molecule has 0 heteroatoms. The van der Waals surface area contributed by atoms with Crippen molar-refractivity contribution < 1.29 is 0 Å². The standard InChI is InChI=1S/C11H24/c1-8(2)11(7,9(3)4)10(5)6/h8-10H,1-7H3. The van der Waals surface area contributed by atoms with E-state index in [4.69, 9.17) is 0 Å². The third-order valence-corrected chi connectivity index (χ3v) is 3.73. The molecule has 0 nitrogen and oxygen atoms in total. The van der Waals surface area contributed by atoms with Crippen LogP contribution in [-0.2, 0) is 0 Å². The Bertz CT molecular complexity index is 87.4. The molecule has 0 bridgehead atoms. The molecule has 0 saturated carbocycles. The SMILES string of the molecule is CC(C)C(C)(C(C)C)C(C)C.